The van der Waals surface area contributed by atoms with Crippen molar-refractivity contribution >= 4 is 11.7 Å². The first-order valence-corrected chi connectivity index (χ1v) is 6.80. The van der Waals surface area contributed by atoms with Gasteiger partial charge in [0.1, 0.15) is 5.82 Å². The number of hydrogen-bond acceptors (Lipinski definition) is 5. The summed E-state index contributed by atoms with van der Waals surface area (Å²) in [6.45, 7) is 7.56. The molecule has 0 radical (unpaired) electrons. The molecule has 0 aromatic carbocycles. The quantitative estimate of drug-likeness (QED) is 0.823. The van der Waals surface area contributed by atoms with Crippen LogP contribution in [0.5, 0.6) is 0 Å². The Balaban J connectivity index is 1.98. The summed E-state index contributed by atoms with van der Waals surface area (Å²) in [5.74, 6) is 0.780. The van der Waals surface area contributed by atoms with Gasteiger partial charge in [-0.3, -0.25) is 9.78 Å². The van der Waals surface area contributed by atoms with E-state index in [0.29, 0.717) is 25.5 Å². The highest BCUT2D eigenvalue weighted by Gasteiger charge is 2.33. The van der Waals surface area contributed by atoms with Gasteiger partial charge in [0.05, 0.1) is 24.4 Å². The summed E-state index contributed by atoms with van der Waals surface area (Å²) in [7, 11) is 1.84. The standard InChI is InChI=1S/C14H22N4O2/c1-11-8-18(10-14(2,3)20-11)13(19)9-17(4)12-7-15-5-6-16-12/h5-7,11H,8-10H2,1-4H3/t11-/m0/s1. The van der Waals surface area contributed by atoms with Crippen LogP contribution in [0.1, 0.15) is 20.8 Å². The van der Waals surface area contributed by atoms with E-state index >= 15 is 0 Å². The average Bonchev–Trinajstić information content (AvgIpc) is 2.37. The van der Waals surface area contributed by atoms with Gasteiger partial charge in [0.15, 0.2) is 0 Å². The van der Waals surface area contributed by atoms with Crippen LogP contribution in [0.2, 0.25) is 0 Å². The minimum Gasteiger partial charge on any atom is -0.369 e. The predicted octanol–water partition coefficient (Wildman–Crippen LogP) is 0.939. The zero-order chi connectivity index (χ0) is 14.8. The Morgan fingerprint density at radius 2 is 2.30 bits per heavy atom. The van der Waals surface area contributed by atoms with Gasteiger partial charge < -0.3 is 14.5 Å². The Hall–Kier alpha value is -1.69. The number of morpholine rings is 1. The predicted molar refractivity (Wildman–Crippen MR) is 76.5 cm³/mol. The number of ether oxygens (including phenoxy) is 1. The molecule has 110 valence electrons. The molecule has 1 aliphatic rings. The molecule has 20 heavy (non-hydrogen) atoms. The number of carbonyl (C=O) groups excluding carboxylic acids is 1. The summed E-state index contributed by atoms with van der Waals surface area (Å²) in [5.41, 5.74) is -0.293. The molecule has 1 aromatic heterocycles. The van der Waals surface area contributed by atoms with E-state index < -0.39 is 0 Å². The van der Waals surface area contributed by atoms with Crippen LogP contribution in [0.15, 0.2) is 18.6 Å². The molecular formula is C14H22N4O2. The van der Waals surface area contributed by atoms with E-state index in [1.807, 2.05) is 37.6 Å². The number of anilines is 1. The molecule has 2 rings (SSSR count). The third kappa shape index (κ3) is 3.66. The van der Waals surface area contributed by atoms with Crippen molar-refractivity contribution in [1.29, 1.82) is 0 Å². The summed E-state index contributed by atoms with van der Waals surface area (Å²) in [4.78, 5) is 24.3. The van der Waals surface area contributed by atoms with Crippen LogP contribution in [0.25, 0.3) is 0 Å². The molecule has 2 heterocycles. The van der Waals surface area contributed by atoms with Gasteiger partial charge >= 0.3 is 0 Å². The summed E-state index contributed by atoms with van der Waals surface area (Å²) < 4.78 is 5.81. The van der Waals surface area contributed by atoms with Crippen molar-refractivity contribution in [3.63, 3.8) is 0 Å². The second-order valence-corrected chi connectivity index (χ2v) is 5.88. The maximum Gasteiger partial charge on any atom is 0.242 e. The minimum absolute atomic E-state index is 0.0597. The fourth-order valence-electron chi connectivity index (χ4n) is 2.52. The van der Waals surface area contributed by atoms with Gasteiger partial charge in [0.2, 0.25) is 5.91 Å². The van der Waals surface area contributed by atoms with Crippen LogP contribution < -0.4 is 4.90 Å². The lowest BCUT2D eigenvalue weighted by Crippen LogP contribution is -2.55. The van der Waals surface area contributed by atoms with E-state index in [9.17, 15) is 4.79 Å². The second kappa shape index (κ2) is 5.75. The highest BCUT2D eigenvalue weighted by molar-refractivity contribution is 5.81. The molecule has 1 atom stereocenters. The monoisotopic (exact) mass is 278 g/mol. The summed E-state index contributed by atoms with van der Waals surface area (Å²) in [6, 6.07) is 0. The molecule has 0 aliphatic carbocycles. The van der Waals surface area contributed by atoms with Gasteiger partial charge in [-0.2, -0.15) is 0 Å². The normalized spacial score (nSPS) is 21.6. The van der Waals surface area contributed by atoms with Crippen LogP contribution in [0.4, 0.5) is 5.82 Å². The Morgan fingerprint density at radius 1 is 1.55 bits per heavy atom. The number of aromatic nitrogens is 2. The van der Waals surface area contributed by atoms with Crippen LogP contribution in [0, 0.1) is 0 Å². The third-order valence-corrected chi connectivity index (χ3v) is 3.24. The average molecular weight is 278 g/mol. The van der Waals surface area contributed by atoms with Gasteiger partial charge in [-0.15, -0.1) is 0 Å². The molecule has 0 N–H and O–H groups in total. The Bertz CT molecular complexity index is 464. The smallest absolute Gasteiger partial charge is 0.242 e. The van der Waals surface area contributed by atoms with Crippen molar-refractivity contribution in [1.82, 2.24) is 14.9 Å². The van der Waals surface area contributed by atoms with E-state index in [-0.39, 0.29) is 17.6 Å². The fourth-order valence-corrected chi connectivity index (χ4v) is 2.52. The number of carbonyl (C=O) groups is 1. The summed E-state index contributed by atoms with van der Waals surface area (Å²) >= 11 is 0. The van der Waals surface area contributed by atoms with E-state index in [4.69, 9.17) is 4.74 Å². The van der Waals surface area contributed by atoms with Crippen LogP contribution >= 0.6 is 0 Å². The third-order valence-electron chi connectivity index (χ3n) is 3.24. The van der Waals surface area contributed by atoms with Crippen LogP contribution in [-0.2, 0) is 9.53 Å². The number of rotatable bonds is 3. The minimum atomic E-state index is -0.293. The van der Waals surface area contributed by atoms with Crippen molar-refractivity contribution in [2.45, 2.75) is 32.5 Å². The van der Waals surface area contributed by atoms with Crippen molar-refractivity contribution in [3.05, 3.63) is 18.6 Å². The zero-order valence-corrected chi connectivity index (χ0v) is 12.5. The molecule has 6 heteroatoms. The first-order chi connectivity index (χ1) is 9.37. The molecule has 1 amide bonds. The molecule has 0 bridgehead atoms. The molecule has 6 nitrogen and oxygen atoms in total. The SMILES string of the molecule is C[C@H]1CN(C(=O)CN(C)c2cnccn2)CC(C)(C)O1. The first-order valence-electron chi connectivity index (χ1n) is 6.80. The molecule has 1 aromatic rings. The number of hydrogen-bond donors (Lipinski definition) is 0. The van der Waals surface area contributed by atoms with Gasteiger partial charge in [-0.05, 0) is 20.8 Å². The van der Waals surface area contributed by atoms with Gasteiger partial charge in [0.25, 0.3) is 0 Å². The molecule has 0 spiro atoms. The second-order valence-electron chi connectivity index (χ2n) is 5.88. The van der Waals surface area contributed by atoms with Crippen molar-refractivity contribution in [2.24, 2.45) is 0 Å². The molecule has 0 saturated carbocycles. The highest BCUT2D eigenvalue weighted by atomic mass is 16.5. The van der Waals surface area contributed by atoms with Crippen molar-refractivity contribution in [2.75, 3.05) is 31.6 Å². The summed E-state index contributed by atoms with van der Waals surface area (Å²) in [5, 5.41) is 0. The molecule has 0 unspecified atom stereocenters. The number of likely N-dealkylation sites (N-methyl/N-ethyl adjacent to an activating group) is 1. The van der Waals surface area contributed by atoms with Gasteiger partial charge in [-0.25, -0.2) is 4.98 Å². The lowest BCUT2D eigenvalue weighted by Gasteiger charge is -2.42. The van der Waals surface area contributed by atoms with E-state index in [2.05, 4.69) is 9.97 Å². The molecule has 1 saturated heterocycles. The molecular weight excluding hydrogens is 256 g/mol. The maximum absolute atomic E-state index is 12.4. The fraction of sp³-hybridized carbons (Fsp3) is 0.643. The van der Waals surface area contributed by atoms with Crippen LogP contribution in [-0.4, -0.2) is 59.2 Å². The van der Waals surface area contributed by atoms with Crippen LogP contribution in [0.3, 0.4) is 0 Å². The van der Waals surface area contributed by atoms with Gasteiger partial charge in [0, 0.05) is 32.5 Å². The Morgan fingerprint density at radius 3 is 2.90 bits per heavy atom. The van der Waals surface area contributed by atoms with Crippen molar-refractivity contribution in [3.8, 4) is 0 Å². The van der Waals surface area contributed by atoms with E-state index in [1.54, 1.807) is 18.6 Å². The summed E-state index contributed by atoms with van der Waals surface area (Å²) in [6.07, 6.45) is 4.95. The number of amides is 1. The van der Waals surface area contributed by atoms with Gasteiger partial charge in [-0.1, -0.05) is 0 Å². The van der Waals surface area contributed by atoms with Crippen molar-refractivity contribution < 1.29 is 9.53 Å². The lowest BCUT2D eigenvalue weighted by molar-refractivity contribution is -0.156. The highest BCUT2D eigenvalue weighted by Crippen LogP contribution is 2.21. The lowest BCUT2D eigenvalue weighted by atomic mass is 10.1. The van der Waals surface area contributed by atoms with E-state index in [0.717, 1.165) is 0 Å². The largest absolute Gasteiger partial charge is 0.369 e. The molecule has 1 aliphatic heterocycles. The topological polar surface area (TPSA) is 58.6 Å². The first kappa shape index (κ1) is 14.7. The number of nitrogens with zero attached hydrogens (tertiary/aromatic N) is 4. The Kier molecular flexibility index (Phi) is 4.23. The molecule has 1 fully saturated rings. The Labute approximate surface area is 119 Å². The maximum atomic E-state index is 12.4. The van der Waals surface area contributed by atoms with E-state index in [1.165, 1.54) is 0 Å². The zero-order valence-electron chi connectivity index (χ0n) is 12.5.